The summed E-state index contributed by atoms with van der Waals surface area (Å²) in [7, 11) is 0. The minimum absolute atomic E-state index is 0.0354. The van der Waals surface area contributed by atoms with E-state index in [-0.39, 0.29) is 16.7 Å². The summed E-state index contributed by atoms with van der Waals surface area (Å²) in [5.41, 5.74) is 2.23. The molecule has 0 spiro atoms. The number of thioether (sulfide) groups is 1. The number of aromatic nitrogens is 4. The van der Waals surface area contributed by atoms with Gasteiger partial charge >= 0.3 is 6.61 Å². The second-order valence-corrected chi connectivity index (χ2v) is 7.70. The first-order chi connectivity index (χ1) is 13.8. The maximum Gasteiger partial charge on any atom is 0.387 e. The average Bonchev–Trinajstić information content (AvgIpc) is 3.12. The topological polar surface area (TPSA) is 81.9 Å². The standard InChI is InChI=1S/C18H16ClF2N5O2S/c1-10-3-6-13(7-4-10)26-18(23-24-25-26)29-11(2)16(27)22-12-5-8-15(14(19)9-12)28-17(20)21/h3-9,11,17H,1-2H3,(H,22,27). The number of halogens is 3. The van der Waals surface area contributed by atoms with Gasteiger partial charge in [-0.05, 0) is 54.6 Å². The van der Waals surface area contributed by atoms with Crippen LogP contribution >= 0.6 is 23.4 Å². The van der Waals surface area contributed by atoms with Gasteiger partial charge in [-0.25, -0.2) is 0 Å². The molecule has 1 unspecified atom stereocenters. The third-order valence-corrected chi connectivity index (χ3v) is 5.11. The number of hydrogen-bond acceptors (Lipinski definition) is 6. The van der Waals surface area contributed by atoms with Crippen molar-refractivity contribution in [3.63, 3.8) is 0 Å². The highest BCUT2D eigenvalue weighted by Crippen LogP contribution is 2.30. The van der Waals surface area contributed by atoms with Gasteiger partial charge in [-0.1, -0.05) is 41.1 Å². The Bertz CT molecular complexity index is 1000. The third kappa shape index (κ3) is 5.42. The van der Waals surface area contributed by atoms with E-state index in [1.807, 2.05) is 31.2 Å². The number of aryl methyl sites for hydroxylation is 1. The zero-order valence-corrected chi connectivity index (χ0v) is 16.9. The molecule has 0 aliphatic carbocycles. The summed E-state index contributed by atoms with van der Waals surface area (Å²) in [5, 5.41) is 14.2. The van der Waals surface area contributed by atoms with Gasteiger partial charge in [-0.2, -0.15) is 13.5 Å². The van der Waals surface area contributed by atoms with Crippen LogP contribution in [0.15, 0.2) is 47.6 Å². The van der Waals surface area contributed by atoms with Gasteiger partial charge in [-0.15, -0.1) is 5.10 Å². The zero-order chi connectivity index (χ0) is 21.0. The van der Waals surface area contributed by atoms with Gasteiger partial charge in [0.2, 0.25) is 11.1 Å². The normalized spacial score (nSPS) is 12.1. The van der Waals surface area contributed by atoms with Crippen LogP contribution in [0.3, 0.4) is 0 Å². The fourth-order valence-corrected chi connectivity index (χ4v) is 3.36. The summed E-state index contributed by atoms with van der Waals surface area (Å²) in [4.78, 5) is 12.5. The van der Waals surface area contributed by atoms with Gasteiger partial charge in [0.05, 0.1) is 16.0 Å². The minimum Gasteiger partial charge on any atom is -0.433 e. The summed E-state index contributed by atoms with van der Waals surface area (Å²) in [6.45, 7) is 0.692. The number of benzene rings is 2. The molecule has 152 valence electrons. The summed E-state index contributed by atoms with van der Waals surface area (Å²) in [5.74, 6) is -0.494. The number of nitrogens with zero attached hydrogens (tertiary/aromatic N) is 4. The SMILES string of the molecule is Cc1ccc(-n2nnnc2SC(C)C(=O)Nc2ccc(OC(F)F)c(Cl)c2)cc1. The first-order valence-electron chi connectivity index (χ1n) is 8.41. The lowest BCUT2D eigenvalue weighted by atomic mass is 10.2. The van der Waals surface area contributed by atoms with Gasteiger partial charge in [0.1, 0.15) is 5.75 Å². The summed E-state index contributed by atoms with van der Waals surface area (Å²) in [6.07, 6.45) is 0. The first-order valence-corrected chi connectivity index (χ1v) is 9.66. The molecular formula is C18H16ClF2N5O2S. The van der Waals surface area contributed by atoms with E-state index in [0.717, 1.165) is 11.3 Å². The van der Waals surface area contributed by atoms with E-state index in [0.29, 0.717) is 10.8 Å². The Hall–Kier alpha value is -2.72. The Kier molecular flexibility index (Phi) is 6.65. The third-order valence-electron chi connectivity index (χ3n) is 3.79. The largest absolute Gasteiger partial charge is 0.433 e. The molecule has 0 saturated carbocycles. The van der Waals surface area contributed by atoms with E-state index in [9.17, 15) is 13.6 Å². The van der Waals surface area contributed by atoms with Crippen LogP contribution < -0.4 is 10.1 Å². The number of ether oxygens (including phenoxy) is 1. The van der Waals surface area contributed by atoms with Crippen molar-refractivity contribution in [3.8, 4) is 11.4 Å². The van der Waals surface area contributed by atoms with E-state index in [4.69, 9.17) is 11.6 Å². The van der Waals surface area contributed by atoms with E-state index in [1.54, 1.807) is 11.6 Å². The molecule has 0 saturated heterocycles. The van der Waals surface area contributed by atoms with Crippen LogP contribution in [0, 0.1) is 6.92 Å². The van der Waals surface area contributed by atoms with Gasteiger partial charge in [0, 0.05) is 5.69 Å². The van der Waals surface area contributed by atoms with E-state index < -0.39 is 11.9 Å². The maximum absolute atomic E-state index is 12.5. The fourth-order valence-electron chi connectivity index (χ4n) is 2.33. The molecule has 0 aliphatic heterocycles. The lowest BCUT2D eigenvalue weighted by Gasteiger charge is -2.13. The number of nitrogens with one attached hydrogen (secondary N) is 1. The van der Waals surface area contributed by atoms with Crippen molar-refractivity contribution < 1.29 is 18.3 Å². The Balaban J connectivity index is 1.67. The van der Waals surface area contributed by atoms with Crippen molar-refractivity contribution in [2.75, 3.05) is 5.32 Å². The highest BCUT2D eigenvalue weighted by Gasteiger charge is 2.20. The second-order valence-electron chi connectivity index (χ2n) is 5.98. The molecule has 0 aliphatic rings. The summed E-state index contributed by atoms with van der Waals surface area (Å²) in [6, 6.07) is 11.7. The summed E-state index contributed by atoms with van der Waals surface area (Å²) >= 11 is 7.08. The Morgan fingerprint density at radius 1 is 1.24 bits per heavy atom. The molecule has 29 heavy (non-hydrogen) atoms. The van der Waals surface area contributed by atoms with Gasteiger partial charge in [0.25, 0.3) is 0 Å². The predicted octanol–water partition coefficient (Wildman–Crippen LogP) is 4.34. The molecule has 2 aromatic carbocycles. The molecule has 3 aromatic rings. The Morgan fingerprint density at radius 2 is 1.97 bits per heavy atom. The summed E-state index contributed by atoms with van der Waals surface area (Å²) < 4.78 is 30.4. The highest BCUT2D eigenvalue weighted by molar-refractivity contribution is 8.00. The molecule has 1 atom stereocenters. The smallest absolute Gasteiger partial charge is 0.387 e. The van der Waals surface area contributed by atoms with Crippen LogP contribution in [-0.2, 0) is 4.79 Å². The minimum atomic E-state index is -2.98. The Labute approximate surface area is 174 Å². The number of hydrogen-bond donors (Lipinski definition) is 1. The highest BCUT2D eigenvalue weighted by atomic mass is 35.5. The molecule has 0 fully saturated rings. The molecular weight excluding hydrogens is 424 g/mol. The molecule has 1 amide bonds. The number of amides is 1. The van der Waals surface area contributed by atoms with Crippen LogP contribution in [0.1, 0.15) is 12.5 Å². The number of carbonyl (C=O) groups excluding carboxylic acids is 1. The quantitative estimate of drug-likeness (QED) is 0.551. The number of alkyl halides is 2. The second kappa shape index (κ2) is 9.19. The molecule has 3 rings (SSSR count). The van der Waals surface area contributed by atoms with E-state index >= 15 is 0 Å². The van der Waals surface area contributed by atoms with Crippen molar-refractivity contribution in [1.29, 1.82) is 0 Å². The van der Waals surface area contributed by atoms with E-state index in [1.165, 1.54) is 30.0 Å². The monoisotopic (exact) mass is 439 g/mol. The zero-order valence-electron chi connectivity index (χ0n) is 15.3. The van der Waals surface area contributed by atoms with Gasteiger partial charge in [0.15, 0.2) is 0 Å². The van der Waals surface area contributed by atoms with Crippen LogP contribution in [0.2, 0.25) is 5.02 Å². The van der Waals surface area contributed by atoms with Crippen LogP contribution in [-0.4, -0.2) is 38.0 Å². The number of rotatable bonds is 7. The van der Waals surface area contributed by atoms with Crippen molar-refractivity contribution in [2.45, 2.75) is 30.9 Å². The lowest BCUT2D eigenvalue weighted by molar-refractivity contribution is -0.115. The van der Waals surface area contributed by atoms with Gasteiger partial charge < -0.3 is 10.1 Å². The van der Waals surface area contributed by atoms with Crippen molar-refractivity contribution in [3.05, 3.63) is 53.1 Å². The molecule has 1 N–H and O–H groups in total. The van der Waals surface area contributed by atoms with Crippen LogP contribution in [0.25, 0.3) is 5.69 Å². The Morgan fingerprint density at radius 3 is 2.62 bits per heavy atom. The molecule has 0 bridgehead atoms. The molecule has 11 heteroatoms. The predicted molar refractivity (Wildman–Crippen MR) is 106 cm³/mol. The van der Waals surface area contributed by atoms with Crippen LogP contribution in [0.5, 0.6) is 5.75 Å². The fraction of sp³-hybridized carbons (Fsp3) is 0.222. The average molecular weight is 440 g/mol. The molecule has 0 radical (unpaired) electrons. The van der Waals surface area contributed by atoms with Crippen molar-refractivity contribution in [2.24, 2.45) is 0 Å². The number of carbonyl (C=O) groups is 1. The maximum atomic E-state index is 12.5. The van der Waals surface area contributed by atoms with E-state index in [2.05, 4.69) is 25.6 Å². The molecule has 1 aromatic heterocycles. The number of anilines is 1. The first kappa shape index (κ1) is 21.0. The molecule has 1 heterocycles. The van der Waals surface area contributed by atoms with Crippen molar-refractivity contribution >= 4 is 35.0 Å². The van der Waals surface area contributed by atoms with Crippen molar-refractivity contribution in [1.82, 2.24) is 20.2 Å². The number of tetrazole rings is 1. The molecule has 7 nitrogen and oxygen atoms in total. The van der Waals surface area contributed by atoms with Crippen LogP contribution in [0.4, 0.5) is 14.5 Å². The lowest BCUT2D eigenvalue weighted by Crippen LogP contribution is -2.23. The van der Waals surface area contributed by atoms with Gasteiger partial charge in [-0.3, -0.25) is 4.79 Å².